The summed E-state index contributed by atoms with van der Waals surface area (Å²) >= 11 is 0. The van der Waals surface area contributed by atoms with Crippen molar-refractivity contribution in [1.29, 1.82) is 0 Å². The fourth-order valence-corrected chi connectivity index (χ4v) is 3.80. The molecule has 1 N–H and O–H groups in total. The number of aryl methyl sites for hydroxylation is 1. The molecule has 2 unspecified atom stereocenters. The van der Waals surface area contributed by atoms with Crippen molar-refractivity contribution in [2.45, 2.75) is 32.3 Å². The molecule has 2 rings (SSSR count). The van der Waals surface area contributed by atoms with E-state index in [-0.39, 0.29) is 19.5 Å². The van der Waals surface area contributed by atoms with E-state index in [2.05, 4.69) is 0 Å². The lowest BCUT2D eigenvalue weighted by molar-refractivity contribution is 0.452. The van der Waals surface area contributed by atoms with Crippen LogP contribution >= 0.6 is 8.58 Å². The molecule has 0 amide bonds. The first-order valence-corrected chi connectivity index (χ1v) is 7.89. The Morgan fingerprint density at radius 2 is 1.90 bits per heavy atom. The van der Waals surface area contributed by atoms with Gasteiger partial charge in [0.1, 0.15) is 17.4 Å². The number of benzene rings is 2. The average Bonchev–Trinajstić information content (AvgIpc) is 2.45. The van der Waals surface area contributed by atoms with E-state index in [9.17, 15) is 13.9 Å². The van der Waals surface area contributed by atoms with Crippen LogP contribution in [0, 0.1) is 18.6 Å². The molecule has 0 radical (unpaired) electrons. The van der Waals surface area contributed by atoms with Gasteiger partial charge in [-0.25, -0.2) is 8.78 Å². The van der Waals surface area contributed by atoms with Gasteiger partial charge in [-0.15, -0.1) is 0 Å². The van der Waals surface area contributed by atoms with Crippen molar-refractivity contribution in [1.82, 2.24) is 0 Å². The number of halogens is 2. The van der Waals surface area contributed by atoms with Gasteiger partial charge in [-0.1, -0.05) is 40.6 Å². The van der Waals surface area contributed by atoms with Gasteiger partial charge in [0.2, 0.25) is 0 Å². The van der Waals surface area contributed by atoms with E-state index in [0.29, 0.717) is 5.30 Å². The zero-order chi connectivity index (χ0) is 15.6. The van der Waals surface area contributed by atoms with Gasteiger partial charge in [0.15, 0.2) is 0 Å². The van der Waals surface area contributed by atoms with E-state index in [1.807, 2.05) is 39.0 Å². The van der Waals surface area contributed by atoms with Crippen LogP contribution in [-0.2, 0) is 5.16 Å². The van der Waals surface area contributed by atoms with Crippen LogP contribution in [-0.4, -0.2) is 5.11 Å². The van der Waals surface area contributed by atoms with Crippen molar-refractivity contribution < 1.29 is 13.9 Å². The summed E-state index contributed by atoms with van der Waals surface area (Å²) < 4.78 is 26.9. The van der Waals surface area contributed by atoms with E-state index in [1.165, 1.54) is 12.1 Å². The second kappa shape index (κ2) is 6.11. The molecule has 0 aromatic heterocycles. The molecule has 0 bridgehead atoms. The third-order valence-electron chi connectivity index (χ3n) is 3.88. The lowest BCUT2D eigenvalue weighted by Gasteiger charge is -2.30. The Morgan fingerprint density at radius 1 is 1.19 bits per heavy atom. The molecule has 21 heavy (non-hydrogen) atoms. The molecule has 2 aromatic rings. The molecule has 0 aliphatic carbocycles. The third kappa shape index (κ3) is 3.24. The Labute approximate surface area is 125 Å². The SMILES string of the molecule is CCC(C)(Pc1ccc(F)cc1F)c1cccc(C)c1O. The van der Waals surface area contributed by atoms with Crippen molar-refractivity contribution in [2.75, 3.05) is 0 Å². The Balaban J connectivity index is 2.44. The molecule has 0 heterocycles. The van der Waals surface area contributed by atoms with Crippen LogP contribution in [0.4, 0.5) is 8.78 Å². The quantitative estimate of drug-likeness (QED) is 0.818. The van der Waals surface area contributed by atoms with E-state index >= 15 is 0 Å². The van der Waals surface area contributed by atoms with Gasteiger partial charge in [-0.3, -0.25) is 0 Å². The van der Waals surface area contributed by atoms with Gasteiger partial charge in [-0.05, 0) is 31.0 Å². The second-order valence-electron chi connectivity index (χ2n) is 5.41. The van der Waals surface area contributed by atoms with E-state index in [0.717, 1.165) is 23.6 Å². The number of rotatable bonds is 4. The van der Waals surface area contributed by atoms with Crippen LogP contribution in [0.3, 0.4) is 0 Å². The summed E-state index contributed by atoms with van der Waals surface area (Å²) in [6.07, 6.45) is 0.749. The van der Waals surface area contributed by atoms with E-state index in [1.54, 1.807) is 0 Å². The van der Waals surface area contributed by atoms with Crippen molar-refractivity contribution in [3.8, 4) is 5.75 Å². The van der Waals surface area contributed by atoms with Crippen molar-refractivity contribution in [2.24, 2.45) is 0 Å². The minimum absolute atomic E-state index is 0.112. The number of hydrogen-bond donors (Lipinski definition) is 1. The smallest absolute Gasteiger partial charge is 0.133 e. The molecule has 4 heteroatoms. The maximum atomic E-state index is 13.9. The van der Waals surface area contributed by atoms with Gasteiger partial charge in [-0.2, -0.15) is 0 Å². The highest BCUT2D eigenvalue weighted by Crippen LogP contribution is 2.47. The summed E-state index contributed by atoms with van der Waals surface area (Å²) in [6.45, 7) is 5.86. The Bertz CT molecular complexity index is 657. The molecular weight excluding hydrogens is 289 g/mol. The van der Waals surface area contributed by atoms with Crippen LogP contribution in [0.1, 0.15) is 31.4 Å². The first-order valence-electron chi connectivity index (χ1n) is 6.89. The molecule has 0 aliphatic heterocycles. The monoisotopic (exact) mass is 308 g/mol. The Kier molecular flexibility index (Phi) is 4.63. The van der Waals surface area contributed by atoms with Gasteiger partial charge < -0.3 is 5.11 Å². The number of para-hydroxylation sites is 1. The zero-order valence-electron chi connectivity index (χ0n) is 12.4. The van der Waals surface area contributed by atoms with Crippen LogP contribution in [0.25, 0.3) is 0 Å². The number of hydrogen-bond acceptors (Lipinski definition) is 1. The zero-order valence-corrected chi connectivity index (χ0v) is 13.4. The lowest BCUT2D eigenvalue weighted by Crippen LogP contribution is -2.20. The predicted octanol–water partition coefficient (Wildman–Crippen LogP) is 4.61. The fourth-order valence-electron chi connectivity index (χ4n) is 2.34. The van der Waals surface area contributed by atoms with Crippen molar-refractivity contribution >= 4 is 13.9 Å². The fraction of sp³-hybridized carbons (Fsp3) is 0.294. The molecule has 0 saturated carbocycles. The maximum Gasteiger partial charge on any atom is 0.133 e. The Hall–Kier alpha value is -1.47. The van der Waals surface area contributed by atoms with Crippen molar-refractivity contribution in [3.63, 3.8) is 0 Å². The summed E-state index contributed by atoms with van der Waals surface area (Å²) in [7, 11) is 0.112. The van der Waals surface area contributed by atoms with Crippen LogP contribution in [0.15, 0.2) is 36.4 Å². The van der Waals surface area contributed by atoms with Gasteiger partial charge >= 0.3 is 0 Å². The maximum absolute atomic E-state index is 13.9. The highest BCUT2D eigenvalue weighted by Gasteiger charge is 2.29. The van der Waals surface area contributed by atoms with Crippen LogP contribution in [0.2, 0.25) is 0 Å². The first-order chi connectivity index (χ1) is 9.87. The molecular formula is C17H19F2OP. The standard InChI is InChI=1S/C17H19F2OP/c1-4-17(3,13-7-5-6-11(2)16(13)20)21-15-9-8-12(18)10-14(15)19/h5-10,20-21H,4H2,1-3H3. The summed E-state index contributed by atoms with van der Waals surface area (Å²) in [5.41, 5.74) is 1.61. The normalized spacial score (nSPS) is 14.5. The average molecular weight is 308 g/mol. The third-order valence-corrected chi connectivity index (χ3v) is 5.73. The molecule has 1 nitrogen and oxygen atoms in total. The summed E-state index contributed by atoms with van der Waals surface area (Å²) in [5.74, 6) is -0.838. The summed E-state index contributed by atoms with van der Waals surface area (Å²) in [6, 6.07) is 9.29. The predicted molar refractivity (Wildman–Crippen MR) is 84.8 cm³/mol. The highest BCUT2D eigenvalue weighted by atomic mass is 31.1. The summed E-state index contributed by atoms with van der Waals surface area (Å²) in [4.78, 5) is 0. The van der Waals surface area contributed by atoms with E-state index in [4.69, 9.17) is 0 Å². The molecule has 0 fully saturated rings. The number of phenols is 1. The Morgan fingerprint density at radius 3 is 2.52 bits per heavy atom. The topological polar surface area (TPSA) is 20.2 Å². The molecule has 2 atom stereocenters. The van der Waals surface area contributed by atoms with Crippen molar-refractivity contribution in [3.05, 3.63) is 59.2 Å². The van der Waals surface area contributed by atoms with Gasteiger partial charge in [0.05, 0.1) is 0 Å². The lowest BCUT2D eigenvalue weighted by atomic mass is 9.94. The largest absolute Gasteiger partial charge is 0.507 e. The minimum atomic E-state index is -0.572. The van der Waals surface area contributed by atoms with Gasteiger partial charge in [0.25, 0.3) is 0 Å². The number of phenolic OH excluding ortho intramolecular Hbond substituents is 1. The second-order valence-corrected chi connectivity index (χ2v) is 7.30. The van der Waals surface area contributed by atoms with Crippen LogP contribution < -0.4 is 5.30 Å². The van der Waals surface area contributed by atoms with Crippen LogP contribution in [0.5, 0.6) is 5.75 Å². The minimum Gasteiger partial charge on any atom is -0.507 e. The molecule has 0 spiro atoms. The molecule has 0 aliphatic rings. The highest BCUT2D eigenvalue weighted by molar-refractivity contribution is 7.48. The molecule has 2 aromatic carbocycles. The summed E-state index contributed by atoms with van der Waals surface area (Å²) in [5, 5.41) is 10.4. The molecule has 0 saturated heterocycles. The molecule has 112 valence electrons. The first kappa shape index (κ1) is 15.9. The van der Waals surface area contributed by atoms with E-state index < -0.39 is 11.6 Å². The van der Waals surface area contributed by atoms with Gasteiger partial charge in [0, 0.05) is 22.1 Å². The number of aromatic hydroxyl groups is 1.